The van der Waals surface area contributed by atoms with Gasteiger partial charge in [0.05, 0.1) is 0 Å². The summed E-state index contributed by atoms with van der Waals surface area (Å²) in [5.74, 6) is -1.31. The molecule has 3 atom stereocenters. The maximum Gasteiger partial charge on any atom is 0.318 e. The highest BCUT2D eigenvalue weighted by atomic mass is 16.5. The number of benzene rings is 2. The highest BCUT2D eigenvalue weighted by Gasteiger charge is 2.30. The van der Waals surface area contributed by atoms with Gasteiger partial charge in [0.25, 0.3) is 0 Å². The van der Waals surface area contributed by atoms with E-state index >= 15 is 0 Å². The zero-order chi connectivity index (χ0) is 30.3. The van der Waals surface area contributed by atoms with Gasteiger partial charge >= 0.3 is 5.97 Å². The van der Waals surface area contributed by atoms with Crippen LogP contribution < -0.4 is 0 Å². The van der Waals surface area contributed by atoms with E-state index in [1.165, 1.54) is 20.8 Å². The number of carbonyl (C=O) groups excluding carboxylic acids is 4. The number of esters is 1. The van der Waals surface area contributed by atoms with E-state index < -0.39 is 30.2 Å². The van der Waals surface area contributed by atoms with Crippen molar-refractivity contribution in [1.29, 1.82) is 0 Å². The molecule has 0 amide bonds. The van der Waals surface area contributed by atoms with Crippen molar-refractivity contribution in [2.75, 3.05) is 0 Å². The normalized spacial score (nSPS) is 13.0. The third-order valence-corrected chi connectivity index (χ3v) is 5.85. The fraction of sp³-hybridized carbons (Fsp3) is 0.500. The zero-order valence-corrected chi connectivity index (χ0v) is 24.8. The molecule has 39 heavy (non-hydrogen) atoms. The summed E-state index contributed by atoms with van der Waals surface area (Å²) in [6.07, 6.45) is -2.25. The second-order valence-corrected chi connectivity index (χ2v) is 10.6. The molecule has 0 aliphatic heterocycles. The molecule has 7 nitrogen and oxygen atoms in total. The summed E-state index contributed by atoms with van der Waals surface area (Å²) in [5, 5.41) is 17.7. The first-order chi connectivity index (χ1) is 18.1. The van der Waals surface area contributed by atoms with Gasteiger partial charge in [-0.2, -0.15) is 0 Å². The molecular formula is C32H46O7. The zero-order valence-electron chi connectivity index (χ0n) is 24.8. The minimum atomic E-state index is -0.769. The number of ether oxygens (including phenoxy) is 1. The van der Waals surface area contributed by atoms with Gasteiger partial charge < -0.3 is 14.9 Å². The van der Waals surface area contributed by atoms with Gasteiger partial charge in [-0.25, -0.2) is 0 Å². The summed E-state index contributed by atoms with van der Waals surface area (Å²) in [5.41, 5.74) is 1.71. The van der Waals surface area contributed by atoms with Gasteiger partial charge in [0, 0.05) is 0 Å². The Morgan fingerprint density at radius 3 is 1.10 bits per heavy atom. The summed E-state index contributed by atoms with van der Waals surface area (Å²) in [6, 6.07) is 19.0. The number of Topliss-reactive ketones (excluding diaryl/α,β-unsaturated/α-hetero) is 3. The van der Waals surface area contributed by atoms with Crippen LogP contribution in [0.25, 0.3) is 0 Å². The SMILES string of the molecule is CC(=O)C(O)C(C)C.CC(=O)[C@@H](O)C(C)C.CC(=O)[C@H](OC(=O)C(c1ccccc1)c1ccccc1)C(C)C. The lowest BCUT2D eigenvalue weighted by Crippen LogP contribution is -2.32. The summed E-state index contributed by atoms with van der Waals surface area (Å²) in [7, 11) is 0. The number of ketones is 3. The van der Waals surface area contributed by atoms with Gasteiger partial charge in [-0.1, -0.05) is 102 Å². The Morgan fingerprint density at radius 2 is 0.897 bits per heavy atom. The van der Waals surface area contributed by atoms with Gasteiger partial charge in [0.2, 0.25) is 0 Å². The van der Waals surface area contributed by atoms with Crippen LogP contribution in [0.15, 0.2) is 60.7 Å². The number of carbonyl (C=O) groups is 4. The Hall–Kier alpha value is -3.16. The van der Waals surface area contributed by atoms with Gasteiger partial charge in [-0.05, 0) is 49.7 Å². The second kappa shape index (κ2) is 18.2. The van der Waals surface area contributed by atoms with Crippen molar-refractivity contribution < 1.29 is 34.1 Å². The Morgan fingerprint density at radius 1 is 0.564 bits per heavy atom. The third kappa shape index (κ3) is 13.5. The van der Waals surface area contributed by atoms with Crippen molar-refractivity contribution in [2.24, 2.45) is 17.8 Å². The minimum absolute atomic E-state index is 0.0486. The van der Waals surface area contributed by atoms with Gasteiger partial charge in [-0.15, -0.1) is 0 Å². The van der Waals surface area contributed by atoms with Crippen LogP contribution in [-0.4, -0.2) is 51.8 Å². The van der Waals surface area contributed by atoms with Crippen LogP contribution in [0.1, 0.15) is 79.4 Å². The van der Waals surface area contributed by atoms with Crippen LogP contribution >= 0.6 is 0 Å². The molecule has 1 unspecified atom stereocenters. The molecule has 0 aromatic heterocycles. The molecule has 2 aromatic carbocycles. The summed E-state index contributed by atoms with van der Waals surface area (Å²) >= 11 is 0. The predicted molar refractivity (Wildman–Crippen MR) is 153 cm³/mol. The molecule has 2 rings (SSSR count). The predicted octanol–water partition coefficient (Wildman–Crippen LogP) is 5.16. The first-order valence-electron chi connectivity index (χ1n) is 13.3. The summed E-state index contributed by atoms with van der Waals surface area (Å²) in [6.45, 7) is 15.2. The monoisotopic (exact) mass is 542 g/mol. The van der Waals surface area contributed by atoms with Crippen LogP contribution in [0.5, 0.6) is 0 Å². The van der Waals surface area contributed by atoms with E-state index in [0.717, 1.165) is 11.1 Å². The second-order valence-electron chi connectivity index (χ2n) is 10.6. The van der Waals surface area contributed by atoms with E-state index in [0.29, 0.717) is 0 Å². The molecule has 7 heteroatoms. The van der Waals surface area contributed by atoms with Crippen LogP contribution in [0.4, 0.5) is 0 Å². The summed E-state index contributed by atoms with van der Waals surface area (Å²) in [4.78, 5) is 45.2. The Balaban J connectivity index is 0.000000742. The first-order valence-corrected chi connectivity index (χ1v) is 13.3. The van der Waals surface area contributed by atoms with E-state index in [1.54, 1.807) is 0 Å². The molecule has 0 saturated carbocycles. The van der Waals surface area contributed by atoms with Crippen LogP contribution in [-0.2, 0) is 23.9 Å². The maximum atomic E-state index is 12.8. The molecule has 2 N–H and O–H groups in total. The molecule has 0 aliphatic carbocycles. The number of hydrogen-bond acceptors (Lipinski definition) is 7. The summed E-state index contributed by atoms with van der Waals surface area (Å²) < 4.78 is 5.56. The van der Waals surface area contributed by atoms with Crippen molar-refractivity contribution in [2.45, 2.75) is 86.5 Å². The molecule has 0 fully saturated rings. The van der Waals surface area contributed by atoms with Crippen molar-refractivity contribution in [3.05, 3.63) is 71.8 Å². The average Bonchev–Trinajstić information content (AvgIpc) is 2.87. The molecule has 0 radical (unpaired) electrons. The largest absolute Gasteiger partial charge is 0.453 e. The van der Waals surface area contributed by atoms with E-state index in [2.05, 4.69) is 0 Å². The fourth-order valence-electron chi connectivity index (χ4n) is 3.58. The Kier molecular flexibility index (Phi) is 16.7. The molecule has 216 valence electrons. The first kappa shape index (κ1) is 35.8. The molecule has 0 heterocycles. The highest BCUT2D eigenvalue weighted by Crippen LogP contribution is 2.27. The van der Waals surface area contributed by atoms with E-state index in [-0.39, 0.29) is 35.1 Å². The Bertz CT molecular complexity index is 950. The van der Waals surface area contributed by atoms with E-state index in [9.17, 15) is 19.2 Å². The van der Waals surface area contributed by atoms with E-state index in [4.69, 9.17) is 14.9 Å². The van der Waals surface area contributed by atoms with Gasteiger partial charge in [0.1, 0.15) is 18.1 Å². The van der Waals surface area contributed by atoms with E-state index in [1.807, 2.05) is 102 Å². The maximum absolute atomic E-state index is 12.8. The lowest BCUT2D eigenvalue weighted by atomic mass is 9.91. The smallest absolute Gasteiger partial charge is 0.318 e. The number of aliphatic hydroxyl groups is 2. The van der Waals surface area contributed by atoms with Gasteiger partial charge in [0.15, 0.2) is 23.5 Å². The molecule has 0 spiro atoms. The molecule has 0 aliphatic rings. The quantitative estimate of drug-likeness (QED) is 0.398. The van der Waals surface area contributed by atoms with Crippen molar-refractivity contribution in [3.8, 4) is 0 Å². The average molecular weight is 543 g/mol. The standard InChI is InChI=1S/C20H22O3.2C6H12O2/c1-14(2)19(15(3)21)23-20(22)18(16-10-6-4-7-11-16)17-12-8-5-9-13-17;2*1-4(2)6(8)5(3)7/h4-14,18-19H,1-3H3;2*4,6,8H,1-3H3/t19-;6-;/m10./s1. The molecule has 0 bridgehead atoms. The molecular weight excluding hydrogens is 496 g/mol. The topological polar surface area (TPSA) is 118 Å². The highest BCUT2D eigenvalue weighted by molar-refractivity contribution is 5.87. The van der Waals surface area contributed by atoms with Gasteiger partial charge in [-0.3, -0.25) is 19.2 Å². The third-order valence-electron chi connectivity index (χ3n) is 5.85. The fourth-order valence-corrected chi connectivity index (χ4v) is 3.58. The minimum Gasteiger partial charge on any atom is -0.453 e. The number of rotatable bonds is 10. The molecule has 0 saturated heterocycles. The lowest BCUT2D eigenvalue weighted by molar-refractivity contribution is -0.157. The van der Waals surface area contributed by atoms with Crippen molar-refractivity contribution >= 4 is 23.3 Å². The number of aliphatic hydroxyl groups excluding tert-OH is 2. The van der Waals surface area contributed by atoms with Crippen LogP contribution in [0, 0.1) is 17.8 Å². The van der Waals surface area contributed by atoms with Crippen LogP contribution in [0.3, 0.4) is 0 Å². The van der Waals surface area contributed by atoms with Crippen molar-refractivity contribution in [3.63, 3.8) is 0 Å². The van der Waals surface area contributed by atoms with Crippen LogP contribution in [0.2, 0.25) is 0 Å². The Labute approximate surface area is 233 Å². The number of hydrogen-bond donors (Lipinski definition) is 2. The lowest BCUT2D eigenvalue weighted by Gasteiger charge is -2.23. The molecule has 2 aromatic rings. The van der Waals surface area contributed by atoms with Crippen molar-refractivity contribution in [1.82, 2.24) is 0 Å².